The van der Waals surface area contributed by atoms with Gasteiger partial charge in [-0.15, -0.1) is 0 Å². The zero-order valence-electron chi connectivity index (χ0n) is 11.5. The normalized spacial score (nSPS) is 22.0. The summed E-state index contributed by atoms with van der Waals surface area (Å²) in [6.07, 6.45) is -4.16. The fourth-order valence-electron chi connectivity index (χ4n) is 2.68. The Balaban J connectivity index is 1.89. The van der Waals surface area contributed by atoms with Crippen LogP contribution < -0.4 is 5.32 Å². The molecule has 0 saturated heterocycles. The second-order valence-electron chi connectivity index (χ2n) is 5.07. The maximum absolute atomic E-state index is 12.1. The van der Waals surface area contributed by atoms with Gasteiger partial charge in [0.1, 0.15) is 0 Å². The molecule has 1 N–H and O–H groups in total. The van der Waals surface area contributed by atoms with Crippen molar-refractivity contribution >= 4 is 0 Å². The monoisotopic (exact) mass is 287 g/mol. The number of halogens is 3. The van der Waals surface area contributed by atoms with Crippen molar-refractivity contribution in [2.24, 2.45) is 0 Å². The van der Waals surface area contributed by atoms with Gasteiger partial charge in [0, 0.05) is 19.4 Å². The van der Waals surface area contributed by atoms with Gasteiger partial charge in [0.15, 0.2) is 0 Å². The SMILES string of the molecule is CCNC1c2ccccc2CC1OCCCC(F)(F)F. The highest BCUT2D eigenvalue weighted by Crippen LogP contribution is 2.33. The smallest absolute Gasteiger partial charge is 0.376 e. The van der Waals surface area contributed by atoms with Crippen LogP contribution in [0.5, 0.6) is 0 Å². The molecule has 0 fully saturated rings. The highest BCUT2D eigenvalue weighted by molar-refractivity contribution is 5.36. The minimum Gasteiger partial charge on any atom is -0.376 e. The summed E-state index contributed by atoms with van der Waals surface area (Å²) < 4.78 is 42.0. The lowest BCUT2D eigenvalue weighted by molar-refractivity contribution is -0.139. The zero-order valence-corrected chi connectivity index (χ0v) is 11.5. The molecule has 2 rings (SSSR count). The Labute approximate surface area is 117 Å². The molecule has 2 unspecified atom stereocenters. The van der Waals surface area contributed by atoms with Gasteiger partial charge in [0.25, 0.3) is 0 Å². The fourth-order valence-corrected chi connectivity index (χ4v) is 2.68. The van der Waals surface area contributed by atoms with E-state index in [0.717, 1.165) is 13.0 Å². The Morgan fingerprint density at radius 2 is 2.05 bits per heavy atom. The van der Waals surface area contributed by atoms with Crippen molar-refractivity contribution in [2.45, 2.75) is 44.5 Å². The van der Waals surface area contributed by atoms with Crippen molar-refractivity contribution in [2.75, 3.05) is 13.2 Å². The molecule has 0 aliphatic heterocycles. The molecule has 1 aromatic carbocycles. The molecule has 0 amide bonds. The van der Waals surface area contributed by atoms with E-state index in [1.54, 1.807) is 0 Å². The second-order valence-corrected chi connectivity index (χ2v) is 5.07. The second kappa shape index (κ2) is 6.59. The van der Waals surface area contributed by atoms with Crippen molar-refractivity contribution in [1.82, 2.24) is 5.32 Å². The minimum absolute atomic E-state index is 0.0230. The van der Waals surface area contributed by atoms with Gasteiger partial charge in [-0.05, 0) is 24.1 Å². The van der Waals surface area contributed by atoms with E-state index in [9.17, 15) is 13.2 Å². The number of likely N-dealkylation sites (N-methyl/N-ethyl adjacent to an activating group) is 1. The van der Waals surface area contributed by atoms with Gasteiger partial charge in [-0.25, -0.2) is 0 Å². The van der Waals surface area contributed by atoms with Crippen molar-refractivity contribution in [3.63, 3.8) is 0 Å². The first-order valence-corrected chi connectivity index (χ1v) is 7.01. The van der Waals surface area contributed by atoms with Gasteiger partial charge < -0.3 is 10.1 Å². The quantitative estimate of drug-likeness (QED) is 0.807. The number of alkyl halides is 3. The van der Waals surface area contributed by atoms with Crippen LogP contribution in [0.1, 0.15) is 36.9 Å². The van der Waals surface area contributed by atoms with Crippen LogP contribution in [0.15, 0.2) is 24.3 Å². The first-order valence-electron chi connectivity index (χ1n) is 7.01. The van der Waals surface area contributed by atoms with Crippen molar-refractivity contribution in [3.05, 3.63) is 35.4 Å². The minimum atomic E-state index is -4.09. The van der Waals surface area contributed by atoms with Crippen molar-refractivity contribution < 1.29 is 17.9 Å². The van der Waals surface area contributed by atoms with Gasteiger partial charge in [0.05, 0.1) is 12.1 Å². The van der Waals surface area contributed by atoms with Crippen LogP contribution in [0.25, 0.3) is 0 Å². The van der Waals surface area contributed by atoms with Crippen LogP contribution in [0, 0.1) is 0 Å². The van der Waals surface area contributed by atoms with Gasteiger partial charge >= 0.3 is 6.18 Å². The third-order valence-corrected chi connectivity index (χ3v) is 3.54. The predicted octanol–water partition coefficient (Wildman–Crippen LogP) is 3.62. The first kappa shape index (κ1) is 15.3. The largest absolute Gasteiger partial charge is 0.389 e. The van der Waals surface area contributed by atoms with Crippen LogP contribution in [0.3, 0.4) is 0 Å². The molecule has 112 valence electrons. The van der Waals surface area contributed by atoms with Gasteiger partial charge in [-0.3, -0.25) is 0 Å². The number of nitrogens with one attached hydrogen (secondary N) is 1. The molecule has 20 heavy (non-hydrogen) atoms. The standard InChI is InChI=1S/C15H20F3NO/c1-2-19-14-12-7-4-3-6-11(12)10-13(14)20-9-5-8-15(16,17)18/h3-4,6-7,13-14,19H,2,5,8-10H2,1H3. The summed E-state index contributed by atoms with van der Waals surface area (Å²) in [6.45, 7) is 2.98. The Morgan fingerprint density at radius 1 is 1.30 bits per heavy atom. The Hall–Kier alpha value is -1.07. The topological polar surface area (TPSA) is 21.3 Å². The number of hydrogen-bond acceptors (Lipinski definition) is 2. The maximum Gasteiger partial charge on any atom is 0.389 e. The van der Waals surface area contributed by atoms with Crippen LogP contribution >= 0.6 is 0 Å². The van der Waals surface area contributed by atoms with E-state index in [-0.39, 0.29) is 25.2 Å². The van der Waals surface area contributed by atoms with Crippen molar-refractivity contribution in [1.29, 1.82) is 0 Å². The summed E-state index contributed by atoms with van der Waals surface area (Å²) in [5, 5.41) is 3.36. The summed E-state index contributed by atoms with van der Waals surface area (Å²) in [4.78, 5) is 0. The molecule has 0 bridgehead atoms. The van der Waals surface area contributed by atoms with Crippen LogP contribution in [-0.2, 0) is 11.2 Å². The lowest BCUT2D eigenvalue weighted by Gasteiger charge is -2.22. The third-order valence-electron chi connectivity index (χ3n) is 3.54. The maximum atomic E-state index is 12.1. The van der Waals surface area contributed by atoms with Gasteiger partial charge in [0.2, 0.25) is 0 Å². The molecule has 2 nitrogen and oxygen atoms in total. The molecule has 0 radical (unpaired) electrons. The van der Waals surface area contributed by atoms with E-state index < -0.39 is 12.6 Å². The van der Waals surface area contributed by atoms with Crippen LogP contribution in [-0.4, -0.2) is 25.4 Å². The number of hydrogen-bond donors (Lipinski definition) is 1. The highest BCUT2D eigenvalue weighted by Gasteiger charge is 2.32. The number of rotatable bonds is 6. The van der Waals surface area contributed by atoms with E-state index in [4.69, 9.17) is 4.74 Å². The highest BCUT2D eigenvalue weighted by atomic mass is 19.4. The molecule has 1 aromatic rings. The number of benzene rings is 1. The first-order chi connectivity index (χ1) is 9.51. The molecular weight excluding hydrogens is 267 g/mol. The molecule has 5 heteroatoms. The van der Waals surface area contributed by atoms with Crippen LogP contribution in [0.4, 0.5) is 13.2 Å². The molecule has 0 heterocycles. The van der Waals surface area contributed by atoms with E-state index in [1.807, 2.05) is 19.1 Å². The lowest BCUT2D eigenvalue weighted by Crippen LogP contribution is -2.31. The fraction of sp³-hybridized carbons (Fsp3) is 0.600. The average Bonchev–Trinajstić information content (AvgIpc) is 2.73. The van der Waals surface area contributed by atoms with Crippen LogP contribution in [0.2, 0.25) is 0 Å². The van der Waals surface area contributed by atoms with Crippen molar-refractivity contribution in [3.8, 4) is 0 Å². The Morgan fingerprint density at radius 3 is 2.75 bits per heavy atom. The van der Waals surface area contributed by atoms with E-state index >= 15 is 0 Å². The predicted molar refractivity (Wildman–Crippen MR) is 71.6 cm³/mol. The van der Waals surface area contributed by atoms with Gasteiger partial charge in [-0.1, -0.05) is 31.2 Å². The summed E-state index contributed by atoms with van der Waals surface area (Å²) in [5.41, 5.74) is 2.43. The summed E-state index contributed by atoms with van der Waals surface area (Å²) in [6, 6.07) is 8.16. The average molecular weight is 287 g/mol. The molecular formula is C15H20F3NO. The molecule has 1 aliphatic carbocycles. The third kappa shape index (κ3) is 3.96. The summed E-state index contributed by atoms with van der Waals surface area (Å²) >= 11 is 0. The Bertz CT molecular complexity index is 433. The van der Waals surface area contributed by atoms with E-state index in [1.165, 1.54) is 11.1 Å². The lowest BCUT2D eigenvalue weighted by atomic mass is 10.1. The molecule has 0 aromatic heterocycles. The Kier molecular flexibility index (Phi) is 5.05. The molecule has 2 atom stereocenters. The molecule has 0 saturated carbocycles. The summed E-state index contributed by atoms with van der Waals surface area (Å²) in [7, 11) is 0. The molecule has 1 aliphatic rings. The van der Waals surface area contributed by atoms with Gasteiger partial charge in [-0.2, -0.15) is 13.2 Å². The zero-order chi connectivity index (χ0) is 14.6. The summed E-state index contributed by atoms with van der Waals surface area (Å²) in [5.74, 6) is 0. The number of fused-ring (bicyclic) bond motifs is 1. The number of ether oxygens (including phenoxy) is 1. The van der Waals surface area contributed by atoms with E-state index in [2.05, 4.69) is 17.4 Å². The molecule has 0 spiro atoms. The van der Waals surface area contributed by atoms with E-state index in [0.29, 0.717) is 0 Å².